The van der Waals surface area contributed by atoms with Crippen LogP contribution in [0.25, 0.3) is 44.5 Å². The van der Waals surface area contributed by atoms with E-state index < -0.39 is 5.41 Å². The van der Waals surface area contributed by atoms with Crippen LogP contribution in [-0.4, -0.2) is 0 Å². The number of hydrogen-bond acceptors (Lipinski definition) is 1. The Morgan fingerprint density at radius 3 is 1.34 bits per heavy atom. The van der Waals surface area contributed by atoms with Crippen LogP contribution in [0.5, 0.6) is 0 Å². The predicted octanol–water partition coefficient (Wildman–Crippen LogP) is 15.2. The van der Waals surface area contributed by atoms with Crippen LogP contribution < -0.4 is 4.90 Å². The van der Waals surface area contributed by atoms with Gasteiger partial charge in [-0.15, -0.1) is 0 Å². The van der Waals surface area contributed by atoms with Gasteiger partial charge in [0.1, 0.15) is 0 Å². The third kappa shape index (κ3) is 5.31. The Labute approximate surface area is 347 Å². The first-order valence-corrected chi connectivity index (χ1v) is 20.7. The molecule has 59 heavy (non-hydrogen) atoms. The maximum absolute atomic E-state index is 2.48. The van der Waals surface area contributed by atoms with Crippen molar-refractivity contribution in [2.75, 3.05) is 4.90 Å². The van der Waals surface area contributed by atoms with Crippen LogP contribution in [0.2, 0.25) is 0 Å². The van der Waals surface area contributed by atoms with E-state index in [-0.39, 0.29) is 5.41 Å². The van der Waals surface area contributed by atoms with E-state index in [1.807, 2.05) is 0 Å². The molecule has 0 saturated heterocycles. The van der Waals surface area contributed by atoms with E-state index in [1.165, 1.54) is 77.9 Å². The maximum atomic E-state index is 2.48. The van der Waals surface area contributed by atoms with Gasteiger partial charge in [0.25, 0.3) is 0 Å². The maximum Gasteiger partial charge on any atom is 0.0713 e. The predicted molar refractivity (Wildman–Crippen MR) is 247 cm³/mol. The van der Waals surface area contributed by atoms with Crippen molar-refractivity contribution in [3.8, 4) is 44.5 Å². The summed E-state index contributed by atoms with van der Waals surface area (Å²) in [6.45, 7) is 4.76. The van der Waals surface area contributed by atoms with Crippen molar-refractivity contribution in [3.63, 3.8) is 0 Å². The fourth-order valence-corrected chi connectivity index (χ4v) is 10.4. The zero-order valence-corrected chi connectivity index (χ0v) is 33.3. The molecule has 280 valence electrons. The largest absolute Gasteiger partial charge is 0.310 e. The molecule has 0 amide bonds. The van der Waals surface area contributed by atoms with E-state index in [0.29, 0.717) is 0 Å². The summed E-state index contributed by atoms with van der Waals surface area (Å²) in [5, 5.41) is 0. The fourth-order valence-electron chi connectivity index (χ4n) is 10.4. The second-order valence-electron chi connectivity index (χ2n) is 16.4. The molecule has 0 aromatic heterocycles. The summed E-state index contributed by atoms with van der Waals surface area (Å²) < 4.78 is 0. The number of nitrogens with zero attached hydrogens (tertiary/aromatic N) is 1. The third-order valence-electron chi connectivity index (χ3n) is 12.9. The van der Waals surface area contributed by atoms with Gasteiger partial charge in [-0.2, -0.15) is 0 Å². The second kappa shape index (κ2) is 13.7. The van der Waals surface area contributed by atoms with E-state index >= 15 is 0 Å². The average Bonchev–Trinajstić information content (AvgIpc) is 3.73. The molecule has 11 rings (SSSR count). The summed E-state index contributed by atoms with van der Waals surface area (Å²) in [6, 6.07) is 82.9. The standard InChI is InChI=1S/C58H43N/c1-57(2)52-30-16-12-29-49(52)51-39-45(38-50(56(51)57)41-22-8-4-9-23-41)59(55-33-19-15-26-46(55)40-20-6-3-7-21-40)44-36-34-43(35-37-44)58(42-24-10-5-11-25-42)53-31-17-13-27-47(53)48-28-14-18-32-54(48)58/h3-39H,1-2H3. The lowest BCUT2D eigenvalue weighted by Crippen LogP contribution is -2.28. The van der Waals surface area contributed by atoms with Crippen molar-refractivity contribution in [2.24, 2.45) is 0 Å². The number of anilines is 3. The summed E-state index contributed by atoms with van der Waals surface area (Å²) in [6.07, 6.45) is 0. The molecule has 0 bridgehead atoms. The Balaban J connectivity index is 1.17. The molecule has 0 spiro atoms. The average molecular weight is 754 g/mol. The normalized spacial score (nSPS) is 13.9. The van der Waals surface area contributed by atoms with Crippen LogP contribution in [0.4, 0.5) is 17.1 Å². The van der Waals surface area contributed by atoms with Crippen LogP contribution in [0.1, 0.15) is 47.2 Å². The highest BCUT2D eigenvalue weighted by Gasteiger charge is 2.46. The lowest BCUT2D eigenvalue weighted by molar-refractivity contribution is 0.662. The van der Waals surface area contributed by atoms with Crippen molar-refractivity contribution < 1.29 is 0 Å². The zero-order valence-electron chi connectivity index (χ0n) is 33.3. The van der Waals surface area contributed by atoms with Gasteiger partial charge in [0.2, 0.25) is 0 Å². The first-order chi connectivity index (χ1) is 29.0. The molecular weight excluding hydrogens is 711 g/mol. The van der Waals surface area contributed by atoms with Gasteiger partial charge in [-0.05, 0) is 103 Å². The summed E-state index contributed by atoms with van der Waals surface area (Å²) >= 11 is 0. The number of fused-ring (bicyclic) bond motifs is 6. The monoisotopic (exact) mass is 753 g/mol. The Morgan fingerprint density at radius 1 is 0.322 bits per heavy atom. The van der Waals surface area contributed by atoms with E-state index in [9.17, 15) is 0 Å². The first-order valence-electron chi connectivity index (χ1n) is 20.7. The highest BCUT2D eigenvalue weighted by molar-refractivity contribution is 5.96. The Hall–Kier alpha value is -7.22. The Bertz CT molecular complexity index is 2950. The van der Waals surface area contributed by atoms with Gasteiger partial charge in [0.05, 0.1) is 11.1 Å². The Kier molecular flexibility index (Phi) is 8.13. The lowest BCUT2D eigenvalue weighted by atomic mass is 9.68. The third-order valence-corrected chi connectivity index (χ3v) is 12.9. The number of benzene rings is 9. The number of para-hydroxylation sites is 1. The van der Waals surface area contributed by atoms with Crippen LogP contribution in [0.15, 0.2) is 224 Å². The highest BCUT2D eigenvalue weighted by Crippen LogP contribution is 2.57. The molecule has 0 heterocycles. The van der Waals surface area contributed by atoms with Crippen LogP contribution in [0, 0.1) is 0 Å². The molecule has 1 nitrogen and oxygen atoms in total. The molecule has 0 unspecified atom stereocenters. The van der Waals surface area contributed by atoms with Gasteiger partial charge in [-0.1, -0.05) is 208 Å². The van der Waals surface area contributed by atoms with Crippen LogP contribution in [0.3, 0.4) is 0 Å². The van der Waals surface area contributed by atoms with Crippen molar-refractivity contribution in [2.45, 2.75) is 24.7 Å². The van der Waals surface area contributed by atoms with Gasteiger partial charge < -0.3 is 4.90 Å². The second-order valence-corrected chi connectivity index (χ2v) is 16.4. The van der Waals surface area contributed by atoms with Gasteiger partial charge in [-0.25, -0.2) is 0 Å². The summed E-state index contributed by atoms with van der Waals surface area (Å²) in [5.74, 6) is 0. The van der Waals surface area contributed by atoms with Crippen molar-refractivity contribution in [3.05, 3.63) is 258 Å². The zero-order chi connectivity index (χ0) is 39.6. The molecule has 9 aromatic carbocycles. The van der Waals surface area contributed by atoms with Gasteiger partial charge in [0, 0.05) is 22.4 Å². The minimum atomic E-state index is -0.469. The first kappa shape index (κ1) is 35.0. The van der Waals surface area contributed by atoms with Gasteiger partial charge in [0.15, 0.2) is 0 Å². The number of hydrogen-bond donors (Lipinski definition) is 0. The van der Waals surface area contributed by atoms with Crippen LogP contribution >= 0.6 is 0 Å². The van der Waals surface area contributed by atoms with Crippen molar-refractivity contribution >= 4 is 17.1 Å². The van der Waals surface area contributed by atoms with Gasteiger partial charge in [-0.3, -0.25) is 0 Å². The van der Waals surface area contributed by atoms with Gasteiger partial charge >= 0.3 is 0 Å². The van der Waals surface area contributed by atoms with Crippen molar-refractivity contribution in [1.82, 2.24) is 0 Å². The smallest absolute Gasteiger partial charge is 0.0713 e. The molecule has 2 aliphatic rings. The minimum Gasteiger partial charge on any atom is -0.310 e. The van der Waals surface area contributed by atoms with E-state index in [1.54, 1.807) is 0 Å². The molecule has 0 radical (unpaired) electrons. The molecule has 0 aliphatic heterocycles. The minimum absolute atomic E-state index is 0.163. The Morgan fingerprint density at radius 2 is 0.746 bits per heavy atom. The molecular formula is C58H43N. The van der Waals surface area contributed by atoms with Crippen LogP contribution in [-0.2, 0) is 10.8 Å². The molecule has 9 aromatic rings. The van der Waals surface area contributed by atoms with E-state index in [4.69, 9.17) is 0 Å². The lowest BCUT2D eigenvalue weighted by Gasteiger charge is -2.35. The van der Waals surface area contributed by atoms with E-state index in [2.05, 4.69) is 243 Å². The SMILES string of the molecule is CC1(C)c2ccccc2-c2cc(N(c3ccc(C4(c5ccccc5)c5ccccc5-c5ccccc54)cc3)c3ccccc3-c3ccccc3)cc(-c3ccccc3)c21. The summed E-state index contributed by atoms with van der Waals surface area (Å²) in [5.41, 5.74) is 20.7. The molecule has 1 heteroatoms. The molecule has 0 fully saturated rings. The molecule has 2 aliphatic carbocycles. The van der Waals surface area contributed by atoms with E-state index in [0.717, 1.165) is 17.1 Å². The topological polar surface area (TPSA) is 3.24 Å². The summed E-state index contributed by atoms with van der Waals surface area (Å²) in [7, 11) is 0. The van der Waals surface area contributed by atoms with Crippen molar-refractivity contribution in [1.29, 1.82) is 0 Å². The molecule has 0 saturated carbocycles. The molecule has 0 atom stereocenters. The highest BCUT2D eigenvalue weighted by atomic mass is 15.1. The quantitative estimate of drug-likeness (QED) is 0.157. The summed E-state index contributed by atoms with van der Waals surface area (Å²) in [4.78, 5) is 2.48. The fraction of sp³-hybridized carbons (Fsp3) is 0.0690. The number of rotatable bonds is 7. The molecule has 0 N–H and O–H groups in total.